The molecule has 4 heteroatoms. The maximum Gasteiger partial charge on any atom is 0.113 e. The number of aliphatic hydroxyl groups is 1. The molecule has 4 atom stereocenters. The minimum absolute atomic E-state index is 0.0467. The van der Waals surface area contributed by atoms with E-state index in [1.807, 2.05) is 30.3 Å². The highest BCUT2D eigenvalue weighted by Crippen LogP contribution is 2.25. The molecule has 1 aromatic rings. The van der Waals surface area contributed by atoms with Crippen LogP contribution >= 0.6 is 0 Å². The summed E-state index contributed by atoms with van der Waals surface area (Å²) in [4.78, 5) is 0. The van der Waals surface area contributed by atoms with E-state index < -0.39 is 0 Å². The highest BCUT2D eigenvalue weighted by molar-refractivity contribution is 5.13. The van der Waals surface area contributed by atoms with Gasteiger partial charge in [-0.1, -0.05) is 37.3 Å². The minimum atomic E-state index is -0.315. The average Bonchev–Trinajstić information content (AvgIpc) is 2.46. The van der Waals surface area contributed by atoms with Crippen molar-refractivity contribution >= 4 is 0 Å². The fourth-order valence-electron chi connectivity index (χ4n) is 2.49. The molecular formula is C15H22O4. The Morgan fingerprint density at radius 1 is 1.26 bits per heavy atom. The maximum absolute atomic E-state index is 9.40. The molecule has 1 fully saturated rings. The van der Waals surface area contributed by atoms with Gasteiger partial charge in [-0.05, 0) is 5.56 Å². The number of hydrogen-bond acceptors (Lipinski definition) is 4. The van der Waals surface area contributed by atoms with E-state index in [1.165, 1.54) is 0 Å². The van der Waals surface area contributed by atoms with Crippen LogP contribution in [-0.4, -0.2) is 43.7 Å². The van der Waals surface area contributed by atoms with E-state index in [4.69, 9.17) is 14.2 Å². The first-order valence-corrected chi connectivity index (χ1v) is 6.67. The summed E-state index contributed by atoms with van der Waals surface area (Å²) in [5, 5.41) is 9.40. The smallest absolute Gasteiger partial charge is 0.113 e. The van der Waals surface area contributed by atoms with Gasteiger partial charge >= 0.3 is 0 Å². The Kier molecular flexibility index (Phi) is 5.34. The molecule has 1 aliphatic rings. The summed E-state index contributed by atoms with van der Waals surface area (Å²) in [6.07, 6.45) is -0.599. The van der Waals surface area contributed by atoms with Crippen molar-refractivity contribution < 1.29 is 19.3 Å². The lowest BCUT2D eigenvalue weighted by Gasteiger charge is -2.40. The van der Waals surface area contributed by atoms with Crippen LogP contribution in [0.4, 0.5) is 0 Å². The molecule has 0 spiro atoms. The van der Waals surface area contributed by atoms with Gasteiger partial charge in [0.2, 0.25) is 0 Å². The van der Waals surface area contributed by atoms with Crippen molar-refractivity contribution in [2.75, 3.05) is 20.3 Å². The van der Waals surface area contributed by atoms with E-state index in [-0.39, 0.29) is 30.8 Å². The van der Waals surface area contributed by atoms with Crippen LogP contribution in [0.25, 0.3) is 0 Å². The van der Waals surface area contributed by atoms with Gasteiger partial charge in [0.25, 0.3) is 0 Å². The first kappa shape index (κ1) is 14.5. The predicted octanol–water partition coefficient (Wildman–Crippen LogP) is 1.61. The molecule has 0 amide bonds. The second-order valence-corrected chi connectivity index (χ2v) is 4.99. The molecule has 0 radical (unpaired) electrons. The fourth-order valence-corrected chi connectivity index (χ4v) is 2.49. The summed E-state index contributed by atoms with van der Waals surface area (Å²) in [7, 11) is 1.68. The van der Waals surface area contributed by atoms with Gasteiger partial charge in [0.1, 0.15) is 12.2 Å². The Bertz CT molecular complexity index is 368. The molecule has 0 aliphatic carbocycles. The van der Waals surface area contributed by atoms with E-state index >= 15 is 0 Å². The first-order chi connectivity index (χ1) is 9.26. The summed E-state index contributed by atoms with van der Waals surface area (Å²) in [6, 6.07) is 9.97. The van der Waals surface area contributed by atoms with Crippen molar-refractivity contribution in [1.29, 1.82) is 0 Å². The SMILES string of the molecule is CO[C@@H]1[C@@H](OCc2ccccc2)[C@H](CO)OC[C@@H]1C. The van der Waals surface area contributed by atoms with Gasteiger partial charge in [0.15, 0.2) is 0 Å². The normalized spacial score (nSPS) is 31.3. The topological polar surface area (TPSA) is 47.9 Å². The van der Waals surface area contributed by atoms with E-state index in [2.05, 4.69) is 6.92 Å². The lowest BCUT2D eigenvalue weighted by molar-refractivity contribution is -0.202. The van der Waals surface area contributed by atoms with Crippen LogP contribution in [0.5, 0.6) is 0 Å². The zero-order chi connectivity index (χ0) is 13.7. The second-order valence-electron chi connectivity index (χ2n) is 4.99. The molecule has 4 nitrogen and oxygen atoms in total. The molecule has 1 aromatic carbocycles. The van der Waals surface area contributed by atoms with Crippen LogP contribution in [0.3, 0.4) is 0 Å². The molecule has 0 unspecified atom stereocenters. The number of benzene rings is 1. The Morgan fingerprint density at radius 3 is 2.63 bits per heavy atom. The number of aliphatic hydroxyl groups excluding tert-OH is 1. The zero-order valence-corrected chi connectivity index (χ0v) is 11.5. The minimum Gasteiger partial charge on any atom is -0.394 e. The maximum atomic E-state index is 9.40. The molecule has 0 saturated carbocycles. The molecular weight excluding hydrogens is 244 g/mol. The summed E-state index contributed by atoms with van der Waals surface area (Å²) in [5.41, 5.74) is 1.10. The van der Waals surface area contributed by atoms with Crippen molar-refractivity contribution in [1.82, 2.24) is 0 Å². The van der Waals surface area contributed by atoms with Gasteiger partial charge < -0.3 is 19.3 Å². The molecule has 1 heterocycles. The Balaban J connectivity index is 2.01. The second kappa shape index (κ2) is 7.01. The molecule has 1 saturated heterocycles. The van der Waals surface area contributed by atoms with Crippen LogP contribution in [0.15, 0.2) is 30.3 Å². The zero-order valence-electron chi connectivity index (χ0n) is 11.5. The fraction of sp³-hybridized carbons (Fsp3) is 0.600. The van der Waals surface area contributed by atoms with Crippen molar-refractivity contribution in [3.63, 3.8) is 0 Å². The lowest BCUT2D eigenvalue weighted by atomic mass is 9.93. The van der Waals surface area contributed by atoms with Crippen LogP contribution in [0.1, 0.15) is 12.5 Å². The van der Waals surface area contributed by atoms with Crippen LogP contribution < -0.4 is 0 Å². The van der Waals surface area contributed by atoms with Crippen molar-refractivity contribution in [2.24, 2.45) is 5.92 Å². The molecule has 1 aliphatic heterocycles. The standard InChI is InChI=1S/C15H22O4/c1-11-9-18-13(8-16)15(14(11)17-2)19-10-12-6-4-3-5-7-12/h3-7,11,13-16H,8-10H2,1-2H3/t11-,13-,14-,15-/m0/s1. The van der Waals surface area contributed by atoms with Crippen molar-refractivity contribution in [2.45, 2.75) is 31.8 Å². The van der Waals surface area contributed by atoms with Gasteiger partial charge in [-0.15, -0.1) is 0 Å². The molecule has 1 N–H and O–H groups in total. The summed E-state index contributed by atoms with van der Waals surface area (Å²) in [6.45, 7) is 3.11. The summed E-state index contributed by atoms with van der Waals surface area (Å²) < 4.78 is 17.1. The number of rotatable bonds is 5. The Labute approximate surface area is 114 Å². The molecule has 19 heavy (non-hydrogen) atoms. The van der Waals surface area contributed by atoms with Gasteiger partial charge in [-0.25, -0.2) is 0 Å². The number of methoxy groups -OCH3 is 1. The molecule has 2 rings (SSSR count). The average molecular weight is 266 g/mol. The summed E-state index contributed by atoms with van der Waals surface area (Å²) in [5.74, 6) is 0.258. The lowest BCUT2D eigenvalue weighted by Crippen LogP contribution is -2.52. The van der Waals surface area contributed by atoms with Crippen LogP contribution in [0, 0.1) is 5.92 Å². The highest BCUT2D eigenvalue weighted by Gasteiger charge is 2.39. The number of hydrogen-bond donors (Lipinski definition) is 1. The van der Waals surface area contributed by atoms with Gasteiger partial charge in [0, 0.05) is 13.0 Å². The van der Waals surface area contributed by atoms with E-state index in [0.717, 1.165) is 5.56 Å². The molecule has 0 bridgehead atoms. The largest absolute Gasteiger partial charge is 0.394 e. The third-order valence-electron chi connectivity index (χ3n) is 3.56. The quantitative estimate of drug-likeness (QED) is 0.879. The van der Waals surface area contributed by atoms with E-state index in [0.29, 0.717) is 13.2 Å². The Morgan fingerprint density at radius 2 is 2.00 bits per heavy atom. The van der Waals surface area contributed by atoms with E-state index in [9.17, 15) is 5.11 Å². The van der Waals surface area contributed by atoms with Crippen LogP contribution in [-0.2, 0) is 20.8 Å². The monoisotopic (exact) mass is 266 g/mol. The third kappa shape index (κ3) is 3.54. The summed E-state index contributed by atoms with van der Waals surface area (Å²) >= 11 is 0. The van der Waals surface area contributed by atoms with Crippen molar-refractivity contribution in [3.05, 3.63) is 35.9 Å². The number of ether oxygens (including phenoxy) is 3. The predicted molar refractivity (Wildman–Crippen MR) is 71.8 cm³/mol. The first-order valence-electron chi connectivity index (χ1n) is 6.67. The van der Waals surface area contributed by atoms with E-state index in [1.54, 1.807) is 7.11 Å². The molecule has 0 aromatic heterocycles. The van der Waals surface area contributed by atoms with Gasteiger partial charge in [-0.2, -0.15) is 0 Å². The van der Waals surface area contributed by atoms with Gasteiger partial charge in [-0.3, -0.25) is 0 Å². The third-order valence-corrected chi connectivity index (χ3v) is 3.56. The Hall–Kier alpha value is -0.940. The molecule has 106 valence electrons. The van der Waals surface area contributed by atoms with Gasteiger partial charge in [0.05, 0.1) is 25.9 Å². The highest BCUT2D eigenvalue weighted by atomic mass is 16.6. The van der Waals surface area contributed by atoms with Crippen LogP contribution in [0.2, 0.25) is 0 Å². The van der Waals surface area contributed by atoms with Crippen molar-refractivity contribution in [3.8, 4) is 0 Å².